The molecule has 3 N–H and O–H groups in total. The number of rotatable bonds is 4. The molecule has 1 aromatic carbocycles. The second-order valence-electron chi connectivity index (χ2n) is 5.62. The van der Waals surface area contributed by atoms with Crippen LogP contribution in [-0.2, 0) is 10.0 Å². The number of nitrogens with one attached hydrogen (secondary N) is 1. The maximum atomic E-state index is 12.5. The highest BCUT2D eigenvalue weighted by Crippen LogP contribution is 2.30. The van der Waals surface area contributed by atoms with Crippen LogP contribution in [-0.4, -0.2) is 24.4 Å². The summed E-state index contributed by atoms with van der Waals surface area (Å²) in [6.45, 7) is 1.79. The molecule has 3 rings (SSSR count). The van der Waals surface area contributed by atoms with Crippen molar-refractivity contribution in [3.05, 3.63) is 35.1 Å². The van der Waals surface area contributed by atoms with Crippen LogP contribution >= 0.6 is 11.6 Å². The summed E-state index contributed by atoms with van der Waals surface area (Å²) in [5.74, 6) is 0.180. The lowest BCUT2D eigenvalue weighted by Crippen LogP contribution is -2.39. The van der Waals surface area contributed by atoms with Gasteiger partial charge in [0.05, 0.1) is 10.7 Å². The molecule has 1 saturated carbocycles. The zero-order valence-corrected chi connectivity index (χ0v) is 14.2. The van der Waals surface area contributed by atoms with Gasteiger partial charge in [0.2, 0.25) is 16.0 Å². The van der Waals surface area contributed by atoms with Crippen molar-refractivity contribution >= 4 is 27.6 Å². The smallest absolute Gasteiger partial charge is 0.242 e. The molecule has 2 aromatic rings. The molecule has 122 valence electrons. The van der Waals surface area contributed by atoms with Crippen LogP contribution in [0.4, 0.5) is 5.95 Å². The van der Waals surface area contributed by atoms with Crippen LogP contribution in [0.15, 0.2) is 29.3 Å². The van der Waals surface area contributed by atoms with E-state index in [2.05, 4.69) is 14.7 Å². The number of halogens is 1. The van der Waals surface area contributed by atoms with Gasteiger partial charge in [0, 0.05) is 17.8 Å². The molecule has 1 aliphatic carbocycles. The van der Waals surface area contributed by atoms with Gasteiger partial charge < -0.3 is 5.73 Å². The van der Waals surface area contributed by atoms with E-state index in [4.69, 9.17) is 17.3 Å². The number of nitrogen functional groups attached to an aromatic ring is 1. The molecule has 0 atom stereocenters. The van der Waals surface area contributed by atoms with Gasteiger partial charge in [0.1, 0.15) is 4.90 Å². The van der Waals surface area contributed by atoms with Gasteiger partial charge in [-0.25, -0.2) is 23.1 Å². The first-order valence-electron chi connectivity index (χ1n) is 7.28. The molecule has 0 spiro atoms. The molecular weight excluding hydrogens is 336 g/mol. The normalized spacial score (nSPS) is 15.4. The number of hydrogen-bond acceptors (Lipinski definition) is 5. The maximum absolute atomic E-state index is 12.5. The van der Waals surface area contributed by atoms with Crippen molar-refractivity contribution in [1.82, 2.24) is 14.7 Å². The highest BCUT2D eigenvalue weighted by atomic mass is 35.5. The van der Waals surface area contributed by atoms with Gasteiger partial charge in [0.25, 0.3) is 0 Å². The monoisotopic (exact) mass is 352 g/mol. The number of nitrogens with two attached hydrogens (primary N) is 1. The molecule has 0 saturated heterocycles. The van der Waals surface area contributed by atoms with Gasteiger partial charge in [-0.2, -0.15) is 0 Å². The second kappa shape index (κ2) is 6.07. The zero-order chi connectivity index (χ0) is 16.6. The molecule has 0 unspecified atom stereocenters. The Kier molecular flexibility index (Phi) is 4.27. The van der Waals surface area contributed by atoms with Crippen LogP contribution < -0.4 is 10.5 Å². The number of anilines is 1. The number of nitrogens with zero attached hydrogens (tertiary/aromatic N) is 2. The zero-order valence-electron chi connectivity index (χ0n) is 12.6. The Morgan fingerprint density at radius 3 is 2.70 bits per heavy atom. The predicted octanol–water partition coefficient (Wildman–Crippen LogP) is 2.52. The van der Waals surface area contributed by atoms with Gasteiger partial charge >= 0.3 is 0 Å². The van der Waals surface area contributed by atoms with Crippen LogP contribution in [0.3, 0.4) is 0 Å². The Morgan fingerprint density at radius 1 is 1.35 bits per heavy atom. The lowest BCUT2D eigenvalue weighted by molar-refractivity contribution is 0.383. The average Bonchev–Trinajstić information content (AvgIpc) is 2.44. The molecule has 23 heavy (non-hydrogen) atoms. The minimum atomic E-state index is -3.65. The van der Waals surface area contributed by atoms with Gasteiger partial charge in [-0.15, -0.1) is 0 Å². The van der Waals surface area contributed by atoms with Crippen molar-refractivity contribution in [2.75, 3.05) is 5.73 Å². The van der Waals surface area contributed by atoms with E-state index in [1.807, 2.05) is 0 Å². The SMILES string of the molecule is Cc1nc(N)ncc1-c1ccc(Cl)c(S(=O)(=O)NC2CCC2)c1. The first-order chi connectivity index (χ1) is 10.9. The van der Waals surface area contributed by atoms with Crippen molar-refractivity contribution in [3.8, 4) is 11.1 Å². The van der Waals surface area contributed by atoms with Crippen LogP contribution in [0, 0.1) is 6.92 Å². The van der Waals surface area contributed by atoms with E-state index in [0.717, 1.165) is 24.8 Å². The lowest BCUT2D eigenvalue weighted by Gasteiger charge is -2.26. The highest BCUT2D eigenvalue weighted by molar-refractivity contribution is 7.89. The van der Waals surface area contributed by atoms with Crippen molar-refractivity contribution in [2.24, 2.45) is 0 Å². The molecule has 0 amide bonds. The Labute approximate surface area is 140 Å². The Bertz CT molecular complexity index is 851. The minimum absolute atomic E-state index is 0.00122. The van der Waals surface area contributed by atoms with Crippen molar-refractivity contribution < 1.29 is 8.42 Å². The van der Waals surface area contributed by atoms with E-state index in [9.17, 15) is 8.42 Å². The summed E-state index contributed by atoms with van der Waals surface area (Å²) >= 11 is 6.11. The number of sulfonamides is 1. The molecule has 1 heterocycles. The molecule has 0 bridgehead atoms. The molecule has 0 aliphatic heterocycles. The fourth-order valence-electron chi connectivity index (χ4n) is 2.45. The lowest BCUT2D eigenvalue weighted by atomic mass is 9.94. The molecule has 1 aromatic heterocycles. The Hall–Kier alpha value is -1.70. The van der Waals surface area contributed by atoms with E-state index in [-0.39, 0.29) is 21.9 Å². The molecular formula is C15H17ClN4O2S. The third kappa shape index (κ3) is 3.31. The second-order valence-corrected chi connectivity index (χ2v) is 7.71. The van der Waals surface area contributed by atoms with Crippen LogP contribution in [0.1, 0.15) is 25.0 Å². The van der Waals surface area contributed by atoms with Crippen LogP contribution in [0.25, 0.3) is 11.1 Å². The third-order valence-electron chi connectivity index (χ3n) is 3.96. The summed E-state index contributed by atoms with van der Waals surface area (Å²) in [5, 5.41) is 0.189. The van der Waals surface area contributed by atoms with Crippen molar-refractivity contribution in [1.29, 1.82) is 0 Å². The number of benzene rings is 1. The highest BCUT2D eigenvalue weighted by Gasteiger charge is 2.26. The van der Waals surface area contributed by atoms with Gasteiger partial charge in [0.15, 0.2) is 0 Å². The third-order valence-corrected chi connectivity index (χ3v) is 5.96. The Morgan fingerprint density at radius 2 is 2.09 bits per heavy atom. The predicted molar refractivity (Wildman–Crippen MR) is 89.6 cm³/mol. The molecule has 1 aliphatic rings. The van der Waals surface area contributed by atoms with E-state index < -0.39 is 10.0 Å². The molecule has 0 radical (unpaired) electrons. The summed E-state index contributed by atoms with van der Waals surface area (Å²) in [6, 6.07) is 4.86. The number of hydrogen-bond donors (Lipinski definition) is 2. The minimum Gasteiger partial charge on any atom is -0.368 e. The van der Waals surface area contributed by atoms with Crippen molar-refractivity contribution in [3.63, 3.8) is 0 Å². The standard InChI is InChI=1S/C15H17ClN4O2S/c1-9-12(8-18-15(17)19-9)10-5-6-13(16)14(7-10)23(21,22)20-11-3-2-4-11/h5-8,11,20H,2-4H2,1H3,(H2,17,18,19). The van der Waals surface area contributed by atoms with E-state index in [0.29, 0.717) is 11.3 Å². The maximum Gasteiger partial charge on any atom is 0.242 e. The van der Waals surface area contributed by atoms with Crippen LogP contribution in [0.2, 0.25) is 5.02 Å². The first kappa shape index (κ1) is 16.2. The summed E-state index contributed by atoms with van der Waals surface area (Å²) in [5.41, 5.74) is 7.63. The molecule has 1 fully saturated rings. The molecule has 8 heteroatoms. The summed E-state index contributed by atoms with van der Waals surface area (Å²) in [7, 11) is -3.65. The van der Waals surface area contributed by atoms with E-state index in [1.165, 1.54) is 0 Å². The van der Waals surface area contributed by atoms with Gasteiger partial charge in [-0.3, -0.25) is 0 Å². The molecule has 6 nitrogen and oxygen atoms in total. The van der Waals surface area contributed by atoms with Crippen LogP contribution in [0.5, 0.6) is 0 Å². The number of aryl methyl sites for hydroxylation is 1. The quantitative estimate of drug-likeness (QED) is 0.881. The Balaban J connectivity index is 2.02. The van der Waals surface area contributed by atoms with Gasteiger partial charge in [-0.1, -0.05) is 24.1 Å². The average molecular weight is 353 g/mol. The van der Waals surface area contributed by atoms with E-state index in [1.54, 1.807) is 31.3 Å². The summed E-state index contributed by atoms with van der Waals surface area (Å²) < 4.78 is 27.8. The fraction of sp³-hybridized carbons (Fsp3) is 0.333. The van der Waals surface area contributed by atoms with E-state index >= 15 is 0 Å². The fourth-order valence-corrected chi connectivity index (χ4v) is 4.28. The topological polar surface area (TPSA) is 98.0 Å². The summed E-state index contributed by atoms with van der Waals surface area (Å²) in [4.78, 5) is 8.14. The summed E-state index contributed by atoms with van der Waals surface area (Å²) in [6.07, 6.45) is 4.35. The number of aromatic nitrogens is 2. The van der Waals surface area contributed by atoms with Crippen molar-refractivity contribution in [2.45, 2.75) is 37.1 Å². The largest absolute Gasteiger partial charge is 0.368 e. The first-order valence-corrected chi connectivity index (χ1v) is 9.14. The van der Waals surface area contributed by atoms with Gasteiger partial charge in [-0.05, 0) is 37.5 Å².